The second-order valence-electron chi connectivity index (χ2n) is 5.55. The molecule has 1 aliphatic rings. The SMILES string of the molecule is CC(NC(=O)C(C)C1CNC1)c1ccc(OC(F)(F)F)cc1.Cl. The van der Waals surface area contributed by atoms with Crippen LogP contribution in [0.3, 0.4) is 0 Å². The van der Waals surface area contributed by atoms with E-state index in [2.05, 4.69) is 15.4 Å². The molecule has 2 rings (SSSR count). The van der Waals surface area contributed by atoms with Crippen molar-refractivity contribution in [2.75, 3.05) is 13.1 Å². The minimum atomic E-state index is -4.70. The van der Waals surface area contributed by atoms with Crippen LogP contribution in [0.4, 0.5) is 13.2 Å². The highest BCUT2D eigenvalue weighted by Crippen LogP contribution is 2.25. The third-order valence-corrected chi connectivity index (χ3v) is 3.91. The van der Waals surface area contributed by atoms with Crippen LogP contribution < -0.4 is 15.4 Å². The Morgan fingerprint density at radius 3 is 2.26 bits per heavy atom. The smallest absolute Gasteiger partial charge is 0.406 e. The maximum atomic E-state index is 12.1. The van der Waals surface area contributed by atoms with E-state index in [1.54, 1.807) is 6.92 Å². The molecule has 2 unspecified atom stereocenters. The Hall–Kier alpha value is -1.47. The Morgan fingerprint density at radius 2 is 1.83 bits per heavy atom. The van der Waals surface area contributed by atoms with Gasteiger partial charge in [0, 0.05) is 5.92 Å². The lowest BCUT2D eigenvalue weighted by Crippen LogP contribution is -2.49. The topological polar surface area (TPSA) is 50.4 Å². The molecule has 2 N–H and O–H groups in total. The first-order valence-electron chi connectivity index (χ1n) is 7.13. The molecule has 130 valence electrons. The van der Waals surface area contributed by atoms with Crippen molar-refractivity contribution in [1.82, 2.24) is 10.6 Å². The molecule has 1 fully saturated rings. The van der Waals surface area contributed by atoms with Crippen LogP contribution in [0.15, 0.2) is 24.3 Å². The summed E-state index contributed by atoms with van der Waals surface area (Å²) in [4.78, 5) is 12.1. The molecular weight excluding hydrogens is 333 g/mol. The molecule has 1 aliphatic heterocycles. The quantitative estimate of drug-likeness (QED) is 0.856. The third kappa shape index (κ3) is 5.58. The molecule has 1 aromatic carbocycles. The second-order valence-corrected chi connectivity index (χ2v) is 5.55. The summed E-state index contributed by atoms with van der Waals surface area (Å²) in [6.07, 6.45) is -4.70. The molecule has 0 saturated carbocycles. The van der Waals surface area contributed by atoms with Crippen LogP contribution >= 0.6 is 12.4 Å². The predicted octanol–water partition coefficient (Wildman–Crippen LogP) is 3.04. The predicted molar refractivity (Wildman–Crippen MR) is 82.5 cm³/mol. The molecule has 0 bridgehead atoms. The van der Waals surface area contributed by atoms with E-state index in [1.807, 2.05) is 6.92 Å². The van der Waals surface area contributed by atoms with Gasteiger partial charge in [-0.15, -0.1) is 25.6 Å². The highest BCUT2D eigenvalue weighted by molar-refractivity contribution is 5.85. The number of carbonyl (C=O) groups excluding carboxylic acids is 1. The van der Waals surface area contributed by atoms with Crippen LogP contribution in [0, 0.1) is 11.8 Å². The summed E-state index contributed by atoms with van der Waals surface area (Å²) < 4.78 is 40.1. The lowest BCUT2D eigenvalue weighted by molar-refractivity contribution is -0.274. The van der Waals surface area contributed by atoms with Crippen LogP contribution in [0.2, 0.25) is 0 Å². The monoisotopic (exact) mass is 352 g/mol. The number of rotatable bonds is 5. The molecule has 4 nitrogen and oxygen atoms in total. The Bertz CT molecular complexity index is 518. The zero-order valence-electron chi connectivity index (χ0n) is 12.8. The number of halogens is 4. The van der Waals surface area contributed by atoms with E-state index in [1.165, 1.54) is 24.3 Å². The van der Waals surface area contributed by atoms with Crippen molar-refractivity contribution >= 4 is 18.3 Å². The summed E-state index contributed by atoms with van der Waals surface area (Å²) in [6, 6.07) is 5.24. The van der Waals surface area contributed by atoms with Crippen molar-refractivity contribution in [1.29, 1.82) is 0 Å². The molecule has 0 aliphatic carbocycles. The van der Waals surface area contributed by atoms with E-state index < -0.39 is 6.36 Å². The van der Waals surface area contributed by atoms with Gasteiger partial charge in [-0.3, -0.25) is 4.79 Å². The van der Waals surface area contributed by atoms with Gasteiger partial charge in [0.25, 0.3) is 0 Å². The van der Waals surface area contributed by atoms with Crippen LogP contribution in [-0.4, -0.2) is 25.4 Å². The van der Waals surface area contributed by atoms with Crippen molar-refractivity contribution in [3.8, 4) is 5.75 Å². The summed E-state index contributed by atoms with van der Waals surface area (Å²) >= 11 is 0. The van der Waals surface area contributed by atoms with Gasteiger partial charge in [-0.1, -0.05) is 19.1 Å². The van der Waals surface area contributed by atoms with Crippen molar-refractivity contribution in [2.24, 2.45) is 11.8 Å². The standard InChI is InChI=1S/C15H19F3N2O2.ClH/c1-9(12-7-19-8-12)14(21)20-10(2)11-3-5-13(6-4-11)22-15(16,17)18;/h3-6,9-10,12,19H,7-8H2,1-2H3,(H,20,21);1H. The van der Waals surface area contributed by atoms with E-state index in [0.29, 0.717) is 5.92 Å². The molecular formula is C15H20ClF3N2O2. The zero-order valence-corrected chi connectivity index (χ0v) is 13.6. The van der Waals surface area contributed by atoms with Gasteiger partial charge in [-0.05, 0) is 43.6 Å². The van der Waals surface area contributed by atoms with Crippen molar-refractivity contribution in [2.45, 2.75) is 26.3 Å². The number of amides is 1. The van der Waals surface area contributed by atoms with Gasteiger partial charge in [0.2, 0.25) is 5.91 Å². The minimum Gasteiger partial charge on any atom is -0.406 e. The minimum absolute atomic E-state index is 0. The molecule has 1 aromatic rings. The second kappa shape index (κ2) is 7.88. The van der Waals surface area contributed by atoms with Crippen LogP contribution in [0.25, 0.3) is 0 Å². The Kier molecular flexibility index (Phi) is 6.70. The van der Waals surface area contributed by atoms with Gasteiger partial charge in [-0.2, -0.15) is 0 Å². The Labute approximate surface area is 139 Å². The van der Waals surface area contributed by atoms with E-state index in [-0.39, 0.29) is 36.0 Å². The first-order valence-corrected chi connectivity index (χ1v) is 7.13. The van der Waals surface area contributed by atoms with Crippen molar-refractivity contribution in [3.63, 3.8) is 0 Å². The molecule has 0 aromatic heterocycles. The van der Waals surface area contributed by atoms with Gasteiger partial charge < -0.3 is 15.4 Å². The zero-order chi connectivity index (χ0) is 16.3. The molecule has 1 heterocycles. The van der Waals surface area contributed by atoms with Crippen LogP contribution in [0.1, 0.15) is 25.5 Å². The number of alkyl halides is 3. The third-order valence-electron chi connectivity index (χ3n) is 3.91. The molecule has 8 heteroatoms. The fourth-order valence-corrected chi connectivity index (χ4v) is 2.26. The van der Waals surface area contributed by atoms with Gasteiger partial charge in [0.1, 0.15) is 5.75 Å². The normalized spacial score (nSPS) is 17.4. The number of ether oxygens (including phenoxy) is 1. The van der Waals surface area contributed by atoms with Crippen molar-refractivity contribution < 1.29 is 22.7 Å². The first kappa shape index (κ1) is 19.6. The van der Waals surface area contributed by atoms with Gasteiger partial charge in [0.15, 0.2) is 0 Å². The number of carbonyl (C=O) groups is 1. The highest BCUT2D eigenvalue weighted by Gasteiger charge is 2.31. The van der Waals surface area contributed by atoms with E-state index in [0.717, 1.165) is 18.7 Å². The molecule has 0 spiro atoms. The largest absolute Gasteiger partial charge is 0.573 e. The van der Waals surface area contributed by atoms with Crippen LogP contribution in [-0.2, 0) is 4.79 Å². The van der Waals surface area contributed by atoms with Gasteiger partial charge >= 0.3 is 6.36 Å². The summed E-state index contributed by atoms with van der Waals surface area (Å²) in [7, 11) is 0. The number of benzene rings is 1. The van der Waals surface area contributed by atoms with E-state index >= 15 is 0 Å². The molecule has 1 saturated heterocycles. The maximum Gasteiger partial charge on any atom is 0.573 e. The summed E-state index contributed by atoms with van der Waals surface area (Å²) in [5.74, 6) is -0.0652. The molecule has 0 radical (unpaired) electrons. The van der Waals surface area contributed by atoms with Gasteiger partial charge in [-0.25, -0.2) is 0 Å². The molecule has 23 heavy (non-hydrogen) atoms. The van der Waals surface area contributed by atoms with E-state index in [4.69, 9.17) is 0 Å². The first-order chi connectivity index (χ1) is 10.3. The lowest BCUT2D eigenvalue weighted by Gasteiger charge is -2.32. The summed E-state index contributed by atoms with van der Waals surface area (Å²) in [6.45, 7) is 5.36. The fraction of sp³-hybridized carbons (Fsp3) is 0.533. The number of nitrogens with one attached hydrogen (secondary N) is 2. The number of hydrogen-bond donors (Lipinski definition) is 2. The van der Waals surface area contributed by atoms with Gasteiger partial charge in [0.05, 0.1) is 6.04 Å². The van der Waals surface area contributed by atoms with Crippen molar-refractivity contribution in [3.05, 3.63) is 29.8 Å². The summed E-state index contributed by atoms with van der Waals surface area (Å²) in [5, 5.41) is 6.00. The van der Waals surface area contributed by atoms with Crippen LogP contribution in [0.5, 0.6) is 5.75 Å². The van der Waals surface area contributed by atoms with E-state index in [9.17, 15) is 18.0 Å². The fourth-order valence-electron chi connectivity index (χ4n) is 2.26. The Morgan fingerprint density at radius 1 is 1.26 bits per heavy atom. The summed E-state index contributed by atoms with van der Waals surface area (Å²) in [5.41, 5.74) is 0.724. The molecule has 2 atom stereocenters. The Balaban J connectivity index is 0.00000264. The molecule has 1 amide bonds. The lowest BCUT2D eigenvalue weighted by atomic mass is 9.88. The number of hydrogen-bond acceptors (Lipinski definition) is 3. The highest BCUT2D eigenvalue weighted by atomic mass is 35.5. The maximum absolute atomic E-state index is 12.1. The average molecular weight is 353 g/mol. The average Bonchev–Trinajstić information content (AvgIpc) is 2.35.